The van der Waals surface area contributed by atoms with Gasteiger partial charge in [0.2, 0.25) is 0 Å². The van der Waals surface area contributed by atoms with E-state index >= 15 is 0 Å². The van der Waals surface area contributed by atoms with Crippen molar-refractivity contribution in [1.29, 1.82) is 0 Å². The molecule has 0 amide bonds. The second-order valence-electron chi connectivity index (χ2n) is 31.6. The molecule has 0 spiro atoms. The van der Waals surface area contributed by atoms with E-state index in [1.807, 2.05) is 36.4 Å². The van der Waals surface area contributed by atoms with Crippen LogP contribution in [-0.4, -0.2) is 13.7 Å². The molecule has 0 aliphatic heterocycles. The molecule has 576 valence electrons. The highest BCUT2D eigenvalue weighted by Crippen LogP contribution is 2.49. The lowest BCUT2D eigenvalue weighted by Crippen LogP contribution is -1.93. The van der Waals surface area contributed by atoms with Crippen LogP contribution in [0.5, 0.6) is 0 Å². The molecule has 0 fully saturated rings. The number of hydrogen-bond donors (Lipinski definition) is 0. The average Bonchev–Trinajstić information content (AvgIpc) is 1.65. The van der Waals surface area contributed by atoms with Gasteiger partial charge in [-0.2, -0.15) is 0 Å². The lowest BCUT2D eigenvalue weighted by Gasteiger charge is -2.12. The number of furan rings is 6. The van der Waals surface area contributed by atoms with Gasteiger partial charge in [0.1, 0.15) is 66.8 Å². The lowest BCUT2D eigenvalue weighted by atomic mass is 9.91. The van der Waals surface area contributed by atoms with E-state index < -0.39 is 0 Å². The van der Waals surface area contributed by atoms with Crippen LogP contribution in [0, 0.1) is 0 Å². The Hall–Kier alpha value is -16.6. The monoisotopic (exact) mass is 1580 g/mol. The largest absolute Gasteiger partial charge is 0.456 e. The summed E-state index contributed by atoms with van der Waals surface area (Å²) in [5, 5.41) is 13.5. The maximum Gasteiger partial charge on any atom is 0.161 e. The van der Waals surface area contributed by atoms with Crippen molar-refractivity contribution in [2.45, 2.75) is 0 Å². The maximum atomic E-state index is 6.54. The highest BCUT2D eigenvalue weighted by Gasteiger charge is 2.26. The standard InChI is InChI=1S/3C38H23NO2/c1-2-11-25(12-3-1)39-32-18-8-6-15-29(32)38-37(39)31-23-24(21-22-34(31)41-38)26-13-4-5-14-27(26)28-17-10-20-35-36(28)30-16-7-9-19-33(30)40-35;1-2-10-26(11-3-1)39-33-16-8-6-15-31(33)38-37(39)32-22-24(19-21-35(32)41-38)27-12-4-5-13-28(27)25-18-20-30-29-14-7-9-17-34(29)40-36(30)23-25;1-2-10-26(11-3-1)39-33-16-8-6-15-30(33)38-37(39)32-23-25(19-21-36(32)41-38)28-13-5-4-12-27(28)24-18-20-35-31(22-24)29-14-7-9-17-34(29)40-35/h3*1-23H. The van der Waals surface area contributed by atoms with Gasteiger partial charge in [-0.15, -0.1) is 0 Å². The minimum absolute atomic E-state index is 0.884. The molecular weight excluding hydrogens is 1510 g/mol. The summed E-state index contributed by atoms with van der Waals surface area (Å²) in [4.78, 5) is 0. The first-order valence-electron chi connectivity index (χ1n) is 41.6. The van der Waals surface area contributed by atoms with Crippen molar-refractivity contribution < 1.29 is 26.5 Å². The van der Waals surface area contributed by atoms with Crippen molar-refractivity contribution >= 4 is 165 Å². The Bertz CT molecular complexity index is 8900. The van der Waals surface area contributed by atoms with Crippen molar-refractivity contribution in [3.63, 3.8) is 0 Å². The van der Waals surface area contributed by atoms with Crippen molar-refractivity contribution in [1.82, 2.24) is 13.7 Å². The normalized spacial score (nSPS) is 11.9. The summed E-state index contributed by atoms with van der Waals surface area (Å²) < 4.78 is 45.1. The smallest absolute Gasteiger partial charge is 0.161 e. The van der Waals surface area contributed by atoms with Gasteiger partial charge >= 0.3 is 0 Å². The molecular formula is C114H69N3O6. The molecule has 9 heterocycles. The van der Waals surface area contributed by atoms with Gasteiger partial charge in [-0.1, -0.05) is 261 Å². The van der Waals surface area contributed by atoms with Crippen molar-refractivity contribution in [3.8, 4) is 83.8 Å². The topological polar surface area (TPSA) is 93.6 Å². The molecule has 0 aliphatic carbocycles. The number of nitrogens with zero attached hydrogens (tertiary/aromatic N) is 3. The minimum atomic E-state index is 0.884. The summed E-state index contributed by atoms with van der Waals surface area (Å²) in [6, 6.07) is 147. The molecule has 9 heteroatoms. The van der Waals surface area contributed by atoms with Gasteiger partial charge in [0.15, 0.2) is 16.7 Å². The van der Waals surface area contributed by atoms with Crippen LogP contribution in [0.4, 0.5) is 0 Å². The minimum Gasteiger partial charge on any atom is -0.456 e. The Morgan fingerprint density at radius 3 is 0.846 bits per heavy atom. The second kappa shape index (κ2) is 28.0. The summed E-state index contributed by atoms with van der Waals surface area (Å²) in [5.74, 6) is 0. The quantitative estimate of drug-likeness (QED) is 0.143. The Balaban J connectivity index is 0.000000101. The Kier molecular flexibility index (Phi) is 15.8. The molecule has 0 unspecified atom stereocenters. The van der Waals surface area contributed by atoms with Crippen LogP contribution in [0.25, 0.3) is 249 Å². The Morgan fingerprint density at radius 2 is 0.415 bits per heavy atom. The maximum absolute atomic E-state index is 6.54. The van der Waals surface area contributed by atoms with Crippen LogP contribution >= 0.6 is 0 Å². The molecule has 0 bridgehead atoms. The predicted octanol–water partition coefficient (Wildman–Crippen LogP) is 32.3. The van der Waals surface area contributed by atoms with Crippen LogP contribution < -0.4 is 0 Å². The second-order valence-corrected chi connectivity index (χ2v) is 31.6. The zero-order valence-corrected chi connectivity index (χ0v) is 66.1. The summed E-state index contributed by atoms with van der Waals surface area (Å²) in [7, 11) is 0. The summed E-state index contributed by atoms with van der Waals surface area (Å²) >= 11 is 0. The zero-order chi connectivity index (χ0) is 80.7. The van der Waals surface area contributed by atoms with Crippen LogP contribution in [-0.2, 0) is 0 Å². The van der Waals surface area contributed by atoms with Crippen LogP contribution in [0.3, 0.4) is 0 Å². The van der Waals surface area contributed by atoms with Gasteiger partial charge in [0.25, 0.3) is 0 Å². The first-order chi connectivity index (χ1) is 61.0. The molecule has 0 atom stereocenters. The first kappa shape index (κ1) is 69.5. The molecule has 123 heavy (non-hydrogen) atoms. The summed E-state index contributed by atoms with van der Waals surface area (Å²) in [6.45, 7) is 0. The van der Waals surface area contributed by atoms with Crippen LogP contribution in [0.2, 0.25) is 0 Å². The number of aromatic nitrogens is 3. The molecule has 9 aromatic heterocycles. The fourth-order valence-electron chi connectivity index (χ4n) is 19.2. The fourth-order valence-corrected chi connectivity index (χ4v) is 19.2. The van der Waals surface area contributed by atoms with Gasteiger partial charge in [-0.05, 0) is 224 Å². The van der Waals surface area contributed by atoms with E-state index in [1.54, 1.807) is 0 Å². The van der Waals surface area contributed by atoms with Gasteiger partial charge in [0.05, 0.1) is 16.6 Å². The third-order valence-corrected chi connectivity index (χ3v) is 24.7. The molecule has 0 radical (unpaired) electrons. The highest BCUT2D eigenvalue weighted by molar-refractivity contribution is 6.21. The molecule has 27 aromatic rings. The molecule has 0 N–H and O–H groups in total. The molecule has 0 aliphatic rings. The van der Waals surface area contributed by atoms with Crippen molar-refractivity contribution in [2.24, 2.45) is 0 Å². The molecule has 27 rings (SSSR count). The Labute approximate surface area is 702 Å². The van der Waals surface area contributed by atoms with Gasteiger partial charge in [-0.3, -0.25) is 0 Å². The van der Waals surface area contributed by atoms with Crippen LogP contribution in [0.1, 0.15) is 0 Å². The third-order valence-electron chi connectivity index (χ3n) is 24.7. The molecule has 0 saturated heterocycles. The van der Waals surface area contributed by atoms with Crippen molar-refractivity contribution in [2.75, 3.05) is 0 Å². The highest BCUT2D eigenvalue weighted by atomic mass is 16.3. The molecule has 9 nitrogen and oxygen atoms in total. The first-order valence-corrected chi connectivity index (χ1v) is 41.6. The third kappa shape index (κ3) is 11.2. The van der Waals surface area contributed by atoms with Gasteiger partial charge in [0, 0.05) is 81.7 Å². The Morgan fingerprint density at radius 1 is 0.146 bits per heavy atom. The predicted molar refractivity (Wildman–Crippen MR) is 506 cm³/mol. The van der Waals surface area contributed by atoms with Gasteiger partial charge < -0.3 is 40.2 Å². The number of rotatable bonds is 9. The van der Waals surface area contributed by atoms with Crippen molar-refractivity contribution in [3.05, 3.63) is 419 Å². The van der Waals surface area contributed by atoms with E-state index in [4.69, 9.17) is 26.5 Å². The van der Waals surface area contributed by atoms with E-state index in [1.165, 1.54) is 33.4 Å². The van der Waals surface area contributed by atoms with E-state index in [0.717, 1.165) is 215 Å². The molecule has 0 saturated carbocycles. The number of benzene rings is 18. The summed E-state index contributed by atoms with van der Waals surface area (Å²) in [6.07, 6.45) is 0. The van der Waals surface area contributed by atoms with E-state index in [2.05, 4.69) is 396 Å². The number of hydrogen-bond acceptors (Lipinski definition) is 6. The van der Waals surface area contributed by atoms with Crippen LogP contribution in [0.15, 0.2) is 445 Å². The van der Waals surface area contributed by atoms with Gasteiger partial charge in [-0.25, -0.2) is 0 Å². The fraction of sp³-hybridized carbons (Fsp3) is 0. The number of para-hydroxylation sites is 9. The van der Waals surface area contributed by atoms with E-state index in [9.17, 15) is 0 Å². The average molecular weight is 1580 g/mol. The summed E-state index contributed by atoms with van der Waals surface area (Å²) in [5.41, 5.74) is 34.8. The van der Waals surface area contributed by atoms with E-state index in [0.29, 0.717) is 0 Å². The molecule has 18 aromatic carbocycles. The zero-order valence-electron chi connectivity index (χ0n) is 66.1. The lowest BCUT2D eigenvalue weighted by molar-refractivity contribution is 0.668. The van der Waals surface area contributed by atoms with E-state index in [-0.39, 0.29) is 0 Å². The SMILES string of the molecule is c1ccc(-n2c3ccccc3c3oc4ccc(-c5ccccc5-c5ccc6c(c5)oc5ccccc56)cc4c32)cc1.c1ccc(-n2c3ccccc3c3oc4ccc(-c5ccccc5-c5ccc6oc7ccccc7c6c5)cc4c32)cc1.c1ccc(-n2c3ccccc3c3oc4ccc(-c5ccccc5-c5cccc6oc7ccccc7c56)cc4c32)cc1. The number of fused-ring (bicyclic) bond motifs is 24.